The van der Waals surface area contributed by atoms with Crippen LogP contribution in [0.1, 0.15) is 45.0 Å². The van der Waals surface area contributed by atoms with Gasteiger partial charge in [0.2, 0.25) is 10.0 Å². The lowest BCUT2D eigenvalue weighted by molar-refractivity contribution is 0.0696. The molecule has 0 saturated carbocycles. The Kier molecular flexibility index (Phi) is 11.2. The monoisotopic (exact) mass is 702 g/mol. The fraction of sp³-hybridized carbons (Fsp3) is 0.194. The summed E-state index contributed by atoms with van der Waals surface area (Å²) in [5.41, 5.74) is 5.68. The molecule has 248 valence electrons. The van der Waals surface area contributed by atoms with E-state index in [1.54, 1.807) is 48.2 Å². The molecule has 0 spiro atoms. The number of hydrogen-bond donors (Lipinski definition) is 3. The number of carbonyl (C=O) groups excluding carboxylic acids is 1. The molecule has 2 amide bonds. The first-order chi connectivity index (χ1) is 23.0. The fourth-order valence-corrected chi connectivity index (χ4v) is 7.14. The molecule has 0 unspecified atom stereocenters. The summed E-state index contributed by atoms with van der Waals surface area (Å²) in [5.74, 6) is -0.920. The second kappa shape index (κ2) is 15.5. The molecule has 5 aromatic rings. The molecular formula is C36H35ClN4O5S2. The first-order valence-electron chi connectivity index (χ1n) is 15.2. The van der Waals surface area contributed by atoms with Crippen molar-refractivity contribution in [2.24, 2.45) is 0 Å². The third-order valence-electron chi connectivity index (χ3n) is 7.83. The highest BCUT2D eigenvalue weighted by Crippen LogP contribution is 2.36. The van der Waals surface area contributed by atoms with E-state index in [4.69, 9.17) is 11.6 Å². The summed E-state index contributed by atoms with van der Waals surface area (Å²) >= 11 is 7.69. The van der Waals surface area contributed by atoms with Crippen LogP contribution in [0.4, 0.5) is 15.6 Å². The van der Waals surface area contributed by atoms with Crippen molar-refractivity contribution in [2.45, 2.75) is 25.7 Å². The van der Waals surface area contributed by atoms with E-state index in [2.05, 4.69) is 39.3 Å². The number of nitrogens with zero attached hydrogens (tertiary/aromatic N) is 2. The molecular weight excluding hydrogens is 668 g/mol. The minimum atomic E-state index is -3.42. The molecule has 0 saturated heterocycles. The van der Waals surface area contributed by atoms with Gasteiger partial charge in [0.15, 0.2) is 5.13 Å². The Bertz CT molecular complexity index is 1950. The topological polar surface area (TPSA) is 129 Å². The van der Waals surface area contributed by atoms with Crippen LogP contribution in [-0.2, 0) is 16.4 Å². The van der Waals surface area contributed by atoms with Gasteiger partial charge in [0.25, 0.3) is 0 Å². The lowest BCUT2D eigenvalue weighted by atomic mass is 9.88. The van der Waals surface area contributed by atoms with Gasteiger partial charge in [-0.1, -0.05) is 108 Å². The Morgan fingerprint density at radius 3 is 2.10 bits per heavy atom. The van der Waals surface area contributed by atoms with Gasteiger partial charge in [-0.25, -0.2) is 23.0 Å². The van der Waals surface area contributed by atoms with Crippen LogP contribution in [0.25, 0.3) is 11.3 Å². The van der Waals surface area contributed by atoms with Gasteiger partial charge in [-0.05, 0) is 60.2 Å². The molecule has 3 N–H and O–H groups in total. The summed E-state index contributed by atoms with van der Waals surface area (Å²) in [4.78, 5) is 31.7. The van der Waals surface area contributed by atoms with Crippen molar-refractivity contribution in [1.82, 2.24) is 9.88 Å². The predicted octanol–water partition coefficient (Wildman–Crippen LogP) is 8.14. The average Bonchev–Trinajstić information content (AvgIpc) is 3.42. The zero-order valence-electron chi connectivity index (χ0n) is 26.4. The molecule has 0 radical (unpaired) electrons. The highest BCUT2D eigenvalue weighted by molar-refractivity contribution is 7.92. The largest absolute Gasteiger partial charge is 0.478 e. The van der Waals surface area contributed by atoms with Gasteiger partial charge in [0.05, 0.1) is 11.8 Å². The molecule has 0 aliphatic carbocycles. The second-order valence-electron chi connectivity index (χ2n) is 11.4. The lowest BCUT2D eigenvalue weighted by Gasteiger charge is -2.26. The Morgan fingerprint density at radius 1 is 0.917 bits per heavy atom. The Labute approximate surface area is 289 Å². The number of carbonyl (C=O) groups is 2. The third-order valence-corrected chi connectivity index (χ3v) is 9.61. The first-order valence-corrected chi connectivity index (χ1v) is 18.3. The van der Waals surface area contributed by atoms with Gasteiger partial charge in [-0.2, -0.15) is 0 Å². The number of carboxylic acid groups (broad SMARTS) is 1. The Balaban J connectivity index is 1.36. The number of nitrogens with one attached hydrogen (secondary N) is 2. The van der Waals surface area contributed by atoms with Crippen LogP contribution < -0.4 is 10.0 Å². The van der Waals surface area contributed by atoms with E-state index in [-0.39, 0.29) is 17.5 Å². The number of sulfonamides is 1. The van der Waals surface area contributed by atoms with Crippen LogP contribution in [0.5, 0.6) is 0 Å². The van der Waals surface area contributed by atoms with Crippen molar-refractivity contribution >= 4 is 55.8 Å². The van der Waals surface area contributed by atoms with Crippen molar-refractivity contribution < 1.29 is 23.1 Å². The Hall–Kier alpha value is -4.71. The number of amides is 2. The number of urea groups is 1. The summed E-state index contributed by atoms with van der Waals surface area (Å²) in [6, 6.07) is 31.9. The lowest BCUT2D eigenvalue weighted by Crippen LogP contribution is -2.38. The summed E-state index contributed by atoms with van der Waals surface area (Å²) in [6.07, 6.45) is 2.26. The van der Waals surface area contributed by atoms with Crippen LogP contribution in [0, 0.1) is 6.92 Å². The highest BCUT2D eigenvalue weighted by Gasteiger charge is 2.21. The smallest absolute Gasteiger partial charge is 0.335 e. The summed E-state index contributed by atoms with van der Waals surface area (Å²) in [6.45, 7) is 2.59. The van der Waals surface area contributed by atoms with Crippen LogP contribution in [0.2, 0.25) is 4.34 Å². The number of anilines is 2. The minimum absolute atomic E-state index is 0.0564. The number of thiazole rings is 1. The van der Waals surface area contributed by atoms with Crippen molar-refractivity contribution in [3.05, 3.63) is 135 Å². The summed E-state index contributed by atoms with van der Waals surface area (Å²) in [5, 5.41) is 12.7. The summed E-state index contributed by atoms with van der Waals surface area (Å²) < 4.78 is 25.9. The van der Waals surface area contributed by atoms with E-state index in [9.17, 15) is 23.1 Å². The number of benzene rings is 4. The van der Waals surface area contributed by atoms with Crippen LogP contribution >= 0.6 is 22.9 Å². The molecule has 0 atom stereocenters. The van der Waals surface area contributed by atoms with Crippen molar-refractivity contribution in [3.8, 4) is 11.3 Å². The normalized spacial score (nSPS) is 11.3. The molecule has 0 aliphatic heterocycles. The van der Waals surface area contributed by atoms with E-state index in [0.717, 1.165) is 34.3 Å². The highest BCUT2D eigenvalue weighted by atomic mass is 35.5. The number of halogens is 1. The van der Waals surface area contributed by atoms with Gasteiger partial charge in [0, 0.05) is 30.3 Å². The quantitative estimate of drug-likeness (QED) is 0.114. The van der Waals surface area contributed by atoms with Gasteiger partial charge >= 0.3 is 12.0 Å². The van der Waals surface area contributed by atoms with E-state index in [0.29, 0.717) is 57.9 Å². The third kappa shape index (κ3) is 9.21. The zero-order chi connectivity index (χ0) is 34.3. The van der Waals surface area contributed by atoms with Gasteiger partial charge in [-0.15, -0.1) is 0 Å². The predicted molar refractivity (Wildman–Crippen MR) is 193 cm³/mol. The molecule has 1 aromatic heterocycles. The van der Waals surface area contributed by atoms with E-state index in [1.807, 2.05) is 42.5 Å². The fourth-order valence-electron chi connectivity index (χ4n) is 5.50. The Morgan fingerprint density at radius 2 is 1.54 bits per heavy atom. The van der Waals surface area contributed by atoms with Gasteiger partial charge in [0.1, 0.15) is 10.0 Å². The molecule has 1 heterocycles. The molecule has 5 rings (SSSR count). The second-order valence-corrected chi connectivity index (χ2v) is 14.7. The van der Waals surface area contributed by atoms with Crippen LogP contribution in [0.3, 0.4) is 0 Å². The molecule has 0 bridgehead atoms. The van der Waals surface area contributed by atoms with Crippen LogP contribution in [0.15, 0.2) is 103 Å². The SMILES string of the molecule is Cc1cc(CCN(CCC(c2ccccc2)c2ccccc2)C(=O)Nc2nc(-c3ccc(NS(C)(=O)=O)cc3)c(Cl)s2)ccc1C(=O)O. The van der Waals surface area contributed by atoms with Gasteiger partial charge < -0.3 is 10.0 Å². The number of aromatic carboxylic acids is 1. The number of rotatable bonds is 13. The molecule has 12 heteroatoms. The molecule has 4 aromatic carbocycles. The number of carboxylic acids is 1. The summed E-state index contributed by atoms with van der Waals surface area (Å²) in [7, 11) is -3.42. The number of aromatic nitrogens is 1. The van der Waals surface area contributed by atoms with E-state index < -0.39 is 16.0 Å². The van der Waals surface area contributed by atoms with Crippen LogP contribution in [-0.4, -0.2) is 54.8 Å². The molecule has 0 fully saturated rings. The van der Waals surface area contributed by atoms with Crippen molar-refractivity contribution in [3.63, 3.8) is 0 Å². The average molecular weight is 703 g/mol. The first kappa shape index (κ1) is 34.6. The van der Waals surface area contributed by atoms with E-state index >= 15 is 0 Å². The van der Waals surface area contributed by atoms with E-state index in [1.165, 1.54) is 0 Å². The maximum absolute atomic E-state index is 13.9. The maximum atomic E-state index is 13.9. The number of aryl methyl sites for hydroxylation is 1. The number of hydrogen-bond acceptors (Lipinski definition) is 6. The molecule has 0 aliphatic rings. The maximum Gasteiger partial charge on any atom is 0.335 e. The minimum Gasteiger partial charge on any atom is -0.478 e. The standard InChI is InChI=1S/C36H35ClN4O5S2/c1-24-23-25(13-18-30(24)34(42)43)19-21-41(22-20-31(26-9-5-3-6-10-26)27-11-7-4-8-12-27)36(44)39-35-38-32(33(37)47-35)28-14-16-29(17-15-28)40-48(2,45)46/h3-18,23,31,40H,19-22H2,1-2H3,(H,42,43)(H,38,39,44). The molecule has 9 nitrogen and oxygen atoms in total. The zero-order valence-corrected chi connectivity index (χ0v) is 28.8. The van der Waals surface area contributed by atoms with Crippen molar-refractivity contribution in [1.29, 1.82) is 0 Å². The van der Waals surface area contributed by atoms with Crippen molar-refractivity contribution in [2.75, 3.05) is 29.4 Å². The molecule has 48 heavy (non-hydrogen) atoms. The van der Waals surface area contributed by atoms with Gasteiger partial charge in [-0.3, -0.25) is 10.0 Å².